The number of aromatic nitrogens is 1. The molecule has 5 heteroatoms. The Bertz CT molecular complexity index is 798. The Morgan fingerprint density at radius 2 is 1.79 bits per heavy atom. The van der Waals surface area contributed by atoms with Gasteiger partial charge in [-0.3, -0.25) is 4.79 Å². The molecule has 0 unspecified atom stereocenters. The molecule has 1 N–H and O–H groups in total. The number of nitrogens with one attached hydrogen (secondary N) is 1. The van der Waals surface area contributed by atoms with Crippen molar-refractivity contribution in [3.05, 3.63) is 70.7 Å². The second-order valence-electron chi connectivity index (χ2n) is 5.35. The van der Waals surface area contributed by atoms with Crippen molar-refractivity contribution in [3.63, 3.8) is 0 Å². The van der Waals surface area contributed by atoms with Crippen molar-refractivity contribution >= 4 is 22.9 Å². The van der Waals surface area contributed by atoms with Crippen LogP contribution in [0.4, 0.5) is 5.69 Å². The van der Waals surface area contributed by atoms with Gasteiger partial charge in [0.25, 0.3) is 0 Å². The van der Waals surface area contributed by atoms with Crippen LogP contribution in [0.2, 0.25) is 0 Å². The highest BCUT2D eigenvalue weighted by atomic mass is 32.1. The minimum Gasteiger partial charge on any atom is -0.457 e. The predicted molar refractivity (Wildman–Crippen MR) is 96.8 cm³/mol. The molecular formula is C19H18N2O2S. The smallest absolute Gasteiger partial charge is 0.224 e. The van der Waals surface area contributed by atoms with Crippen molar-refractivity contribution in [2.24, 2.45) is 0 Å². The number of amides is 1. The second-order valence-corrected chi connectivity index (χ2v) is 6.41. The molecule has 3 rings (SSSR count). The largest absolute Gasteiger partial charge is 0.457 e. The van der Waals surface area contributed by atoms with Crippen LogP contribution in [0.1, 0.15) is 17.1 Å². The Labute approximate surface area is 145 Å². The topological polar surface area (TPSA) is 51.2 Å². The summed E-state index contributed by atoms with van der Waals surface area (Å²) in [5.41, 5.74) is 1.73. The first kappa shape index (κ1) is 16.2. The van der Waals surface area contributed by atoms with E-state index >= 15 is 0 Å². The molecule has 3 aromatic rings. The highest BCUT2D eigenvalue weighted by Gasteiger charge is 2.06. The SMILES string of the molecule is Cc1nc(CCC(=O)Nc2ccc(Oc3ccccc3)cc2)cs1. The van der Waals surface area contributed by atoms with Gasteiger partial charge < -0.3 is 10.1 Å². The molecule has 0 saturated carbocycles. The lowest BCUT2D eigenvalue weighted by Gasteiger charge is -2.08. The van der Waals surface area contributed by atoms with E-state index in [-0.39, 0.29) is 5.91 Å². The molecule has 122 valence electrons. The number of thiazole rings is 1. The van der Waals surface area contributed by atoms with Crippen LogP contribution in [0.25, 0.3) is 0 Å². The molecule has 0 bridgehead atoms. The van der Waals surface area contributed by atoms with Gasteiger partial charge >= 0.3 is 0 Å². The lowest BCUT2D eigenvalue weighted by molar-refractivity contribution is -0.116. The number of nitrogens with zero attached hydrogens (tertiary/aromatic N) is 1. The second kappa shape index (κ2) is 7.75. The maximum Gasteiger partial charge on any atom is 0.224 e. The lowest BCUT2D eigenvalue weighted by atomic mass is 10.2. The van der Waals surface area contributed by atoms with Gasteiger partial charge in [0, 0.05) is 17.5 Å². The van der Waals surface area contributed by atoms with Crippen LogP contribution in [0.3, 0.4) is 0 Å². The molecule has 0 aliphatic carbocycles. The first-order valence-corrected chi connectivity index (χ1v) is 8.61. The zero-order valence-corrected chi connectivity index (χ0v) is 14.2. The van der Waals surface area contributed by atoms with Crippen molar-refractivity contribution in [2.45, 2.75) is 19.8 Å². The van der Waals surface area contributed by atoms with Gasteiger partial charge in [-0.15, -0.1) is 11.3 Å². The average Bonchev–Trinajstić information content (AvgIpc) is 3.01. The van der Waals surface area contributed by atoms with Crippen LogP contribution in [-0.4, -0.2) is 10.9 Å². The first-order chi connectivity index (χ1) is 11.7. The van der Waals surface area contributed by atoms with E-state index < -0.39 is 0 Å². The quantitative estimate of drug-likeness (QED) is 0.701. The molecule has 0 radical (unpaired) electrons. The third kappa shape index (κ3) is 4.67. The monoisotopic (exact) mass is 338 g/mol. The number of carbonyl (C=O) groups is 1. The maximum absolute atomic E-state index is 12.0. The minimum atomic E-state index is -0.0163. The highest BCUT2D eigenvalue weighted by Crippen LogP contribution is 2.22. The fraction of sp³-hybridized carbons (Fsp3) is 0.158. The molecule has 0 saturated heterocycles. The summed E-state index contributed by atoms with van der Waals surface area (Å²) in [6, 6.07) is 16.9. The molecule has 24 heavy (non-hydrogen) atoms. The van der Waals surface area contributed by atoms with Gasteiger partial charge in [-0.1, -0.05) is 18.2 Å². The van der Waals surface area contributed by atoms with E-state index in [1.165, 1.54) is 0 Å². The Morgan fingerprint density at radius 3 is 2.46 bits per heavy atom. The molecule has 0 spiro atoms. The third-order valence-corrected chi connectivity index (χ3v) is 4.21. The molecule has 0 atom stereocenters. The van der Waals surface area contributed by atoms with Gasteiger partial charge in [-0.25, -0.2) is 4.98 Å². The van der Waals surface area contributed by atoms with Crippen molar-refractivity contribution in [1.29, 1.82) is 0 Å². The van der Waals surface area contributed by atoms with E-state index in [4.69, 9.17) is 4.74 Å². The number of para-hydroxylation sites is 1. The molecule has 0 aliphatic rings. The molecule has 4 nitrogen and oxygen atoms in total. The van der Waals surface area contributed by atoms with E-state index in [1.807, 2.05) is 66.9 Å². The minimum absolute atomic E-state index is 0.0163. The number of aryl methyl sites for hydroxylation is 2. The first-order valence-electron chi connectivity index (χ1n) is 7.73. The molecular weight excluding hydrogens is 320 g/mol. The Balaban J connectivity index is 1.51. The molecule has 1 amide bonds. The van der Waals surface area contributed by atoms with Crippen LogP contribution in [0.5, 0.6) is 11.5 Å². The summed E-state index contributed by atoms with van der Waals surface area (Å²) < 4.78 is 5.73. The van der Waals surface area contributed by atoms with Crippen molar-refractivity contribution in [2.75, 3.05) is 5.32 Å². The van der Waals surface area contributed by atoms with Crippen molar-refractivity contribution in [1.82, 2.24) is 4.98 Å². The Morgan fingerprint density at radius 1 is 1.08 bits per heavy atom. The van der Waals surface area contributed by atoms with Crippen LogP contribution in [-0.2, 0) is 11.2 Å². The summed E-state index contributed by atoms with van der Waals surface area (Å²) in [5, 5.41) is 5.92. The van der Waals surface area contributed by atoms with E-state index in [2.05, 4.69) is 10.3 Å². The predicted octanol–water partition coefficient (Wildman–Crippen LogP) is 4.82. The maximum atomic E-state index is 12.0. The number of hydrogen-bond acceptors (Lipinski definition) is 4. The third-order valence-electron chi connectivity index (χ3n) is 3.39. The summed E-state index contributed by atoms with van der Waals surface area (Å²) in [6.45, 7) is 1.97. The van der Waals surface area contributed by atoms with Gasteiger partial charge in [-0.05, 0) is 49.7 Å². The molecule has 1 aromatic heterocycles. The summed E-state index contributed by atoms with van der Waals surface area (Å²) in [5.74, 6) is 1.50. The van der Waals surface area contributed by atoms with Crippen LogP contribution < -0.4 is 10.1 Å². The summed E-state index contributed by atoms with van der Waals surface area (Å²) in [4.78, 5) is 16.4. The van der Waals surface area contributed by atoms with Crippen molar-refractivity contribution in [3.8, 4) is 11.5 Å². The number of hydrogen-bond donors (Lipinski definition) is 1. The van der Waals surface area contributed by atoms with E-state index in [0.29, 0.717) is 12.8 Å². The normalized spacial score (nSPS) is 10.4. The van der Waals surface area contributed by atoms with E-state index in [1.54, 1.807) is 11.3 Å². The fourth-order valence-electron chi connectivity index (χ4n) is 2.22. The molecule has 0 aliphatic heterocycles. The highest BCUT2D eigenvalue weighted by molar-refractivity contribution is 7.09. The zero-order valence-electron chi connectivity index (χ0n) is 13.4. The number of carbonyl (C=O) groups excluding carboxylic acids is 1. The zero-order chi connectivity index (χ0) is 16.8. The van der Waals surface area contributed by atoms with E-state index in [9.17, 15) is 4.79 Å². The molecule has 0 fully saturated rings. The number of anilines is 1. The fourth-order valence-corrected chi connectivity index (χ4v) is 2.87. The number of rotatable bonds is 6. The van der Waals surface area contributed by atoms with Crippen molar-refractivity contribution < 1.29 is 9.53 Å². The van der Waals surface area contributed by atoms with Gasteiger partial charge in [0.2, 0.25) is 5.91 Å². The van der Waals surface area contributed by atoms with Gasteiger partial charge in [-0.2, -0.15) is 0 Å². The summed E-state index contributed by atoms with van der Waals surface area (Å²) in [6.07, 6.45) is 1.08. The lowest BCUT2D eigenvalue weighted by Crippen LogP contribution is -2.12. The number of benzene rings is 2. The van der Waals surface area contributed by atoms with Crippen LogP contribution in [0, 0.1) is 6.92 Å². The van der Waals surface area contributed by atoms with Crippen LogP contribution >= 0.6 is 11.3 Å². The standard InChI is InChI=1S/C19H18N2O2S/c1-14-20-16(13-24-14)9-12-19(22)21-15-7-10-18(11-8-15)23-17-5-3-2-4-6-17/h2-8,10-11,13H,9,12H2,1H3,(H,21,22). The summed E-state index contributed by atoms with van der Waals surface area (Å²) >= 11 is 1.61. The average molecular weight is 338 g/mol. The van der Waals surface area contributed by atoms with E-state index in [0.717, 1.165) is 27.9 Å². The van der Waals surface area contributed by atoms with Gasteiger partial charge in [0.15, 0.2) is 0 Å². The number of ether oxygens (including phenoxy) is 1. The van der Waals surface area contributed by atoms with Gasteiger partial charge in [0.1, 0.15) is 11.5 Å². The van der Waals surface area contributed by atoms with Gasteiger partial charge in [0.05, 0.1) is 10.7 Å². The van der Waals surface area contributed by atoms with Crippen LogP contribution in [0.15, 0.2) is 60.0 Å². The molecule has 1 heterocycles. The Kier molecular flexibility index (Phi) is 5.23. The Hall–Kier alpha value is -2.66. The molecule has 2 aromatic carbocycles. The summed E-state index contributed by atoms with van der Waals surface area (Å²) in [7, 11) is 0.